The van der Waals surface area contributed by atoms with E-state index in [9.17, 15) is 8.42 Å². The highest BCUT2D eigenvalue weighted by Gasteiger charge is 2.40. The highest BCUT2D eigenvalue weighted by molar-refractivity contribution is 7.92. The van der Waals surface area contributed by atoms with Crippen LogP contribution in [0.3, 0.4) is 0 Å². The van der Waals surface area contributed by atoms with Gasteiger partial charge in [-0.1, -0.05) is 30.3 Å². The maximum Gasteiger partial charge on any atom is 0.182 e. The number of ether oxygens (including phenoxy) is 1. The molecular formula is C34H47N7O3S. The standard InChI is InChI=1S/C34H47N7O3S/c1-24(2)45(42,43)32-12-8-7-11-30(32)41-33(35)27-9-5-6-10-28(27)40(34(41)36)29-14-13-26(23-31(29)44-4)39-21-19-38(20-22-39)25-15-17-37(3)18-16-25/h5-14,23-25,33-34H,15-22,35-36H2,1-4H3. The fourth-order valence-corrected chi connectivity index (χ4v) is 8.28. The lowest BCUT2D eigenvalue weighted by atomic mass is 10.0. The van der Waals surface area contributed by atoms with E-state index in [0.717, 1.165) is 48.8 Å². The molecule has 242 valence electrons. The summed E-state index contributed by atoms with van der Waals surface area (Å²) in [6.45, 7) is 9.74. The monoisotopic (exact) mass is 633 g/mol. The van der Waals surface area contributed by atoms with Crippen LogP contribution in [0.25, 0.3) is 0 Å². The Hall–Kier alpha value is -3.35. The third-order valence-electron chi connectivity index (χ3n) is 9.74. The van der Waals surface area contributed by atoms with Crippen LogP contribution in [0, 0.1) is 0 Å². The highest BCUT2D eigenvalue weighted by atomic mass is 32.2. The van der Waals surface area contributed by atoms with Gasteiger partial charge < -0.3 is 30.1 Å². The van der Waals surface area contributed by atoms with Gasteiger partial charge in [-0.15, -0.1) is 0 Å². The second-order valence-corrected chi connectivity index (χ2v) is 15.1. The van der Waals surface area contributed by atoms with Gasteiger partial charge in [0.05, 0.1) is 34.3 Å². The molecule has 10 nitrogen and oxygen atoms in total. The number of benzene rings is 3. The lowest BCUT2D eigenvalue weighted by molar-refractivity contribution is 0.115. The van der Waals surface area contributed by atoms with Gasteiger partial charge in [-0.05, 0) is 77.2 Å². The molecule has 0 aliphatic carbocycles. The topological polar surface area (TPSA) is 112 Å². The van der Waals surface area contributed by atoms with E-state index in [4.69, 9.17) is 16.2 Å². The van der Waals surface area contributed by atoms with Gasteiger partial charge in [0, 0.05) is 49.5 Å². The molecule has 3 aromatic carbocycles. The van der Waals surface area contributed by atoms with Gasteiger partial charge in [-0.25, -0.2) is 8.42 Å². The third kappa shape index (κ3) is 5.88. The molecule has 0 radical (unpaired) electrons. The lowest BCUT2D eigenvalue weighted by Gasteiger charge is -2.48. The molecule has 3 heterocycles. The molecular weight excluding hydrogens is 586 g/mol. The minimum absolute atomic E-state index is 0.215. The first-order valence-electron chi connectivity index (χ1n) is 16.0. The summed E-state index contributed by atoms with van der Waals surface area (Å²) in [5, 5.41) is -0.599. The second-order valence-electron chi connectivity index (χ2n) is 12.7. The molecule has 2 fully saturated rings. The molecule has 0 saturated carbocycles. The normalized spacial score (nSPS) is 22.2. The maximum atomic E-state index is 13.5. The molecule has 0 spiro atoms. The van der Waals surface area contributed by atoms with Crippen molar-refractivity contribution in [3.8, 4) is 5.75 Å². The molecule has 45 heavy (non-hydrogen) atoms. The summed E-state index contributed by atoms with van der Waals surface area (Å²) in [7, 11) is 0.273. The number of nitrogens with two attached hydrogens (primary N) is 2. The smallest absolute Gasteiger partial charge is 0.182 e. The second kappa shape index (κ2) is 12.8. The van der Waals surface area contributed by atoms with Crippen molar-refractivity contribution in [1.82, 2.24) is 9.80 Å². The van der Waals surface area contributed by atoms with Crippen LogP contribution in [0.2, 0.25) is 0 Å². The van der Waals surface area contributed by atoms with Gasteiger partial charge in [0.15, 0.2) is 16.1 Å². The van der Waals surface area contributed by atoms with E-state index in [-0.39, 0.29) is 4.90 Å². The first kappa shape index (κ1) is 31.6. The van der Waals surface area contributed by atoms with Crippen molar-refractivity contribution in [3.63, 3.8) is 0 Å². The summed E-state index contributed by atoms with van der Waals surface area (Å²) in [4.78, 5) is 11.5. The van der Waals surface area contributed by atoms with E-state index in [1.165, 1.54) is 25.9 Å². The molecule has 3 aromatic rings. The van der Waals surface area contributed by atoms with E-state index in [0.29, 0.717) is 17.5 Å². The number of nitrogens with zero attached hydrogens (tertiary/aromatic N) is 5. The zero-order valence-corrected chi connectivity index (χ0v) is 27.7. The summed E-state index contributed by atoms with van der Waals surface area (Å²) in [6.07, 6.45) is 1.01. The van der Waals surface area contributed by atoms with Crippen molar-refractivity contribution in [3.05, 3.63) is 72.3 Å². The van der Waals surface area contributed by atoms with Crippen molar-refractivity contribution < 1.29 is 13.2 Å². The minimum atomic E-state index is -3.61. The Morgan fingerprint density at radius 3 is 2.13 bits per heavy atom. The summed E-state index contributed by atoms with van der Waals surface area (Å²) in [5.41, 5.74) is 18.0. The van der Waals surface area contributed by atoms with Gasteiger partial charge >= 0.3 is 0 Å². The van der Waals surface area contributed by atoms with Crippen LogP contribution in [0.15, 0.2) is 71.6 Å². The lowest BCUT2D eigenvalue weighted by Crippen LogP contribution is -2.59. The molecule has 6 rings (SSSR count). The van der Waals surface area contributed by atoms with E-state index in [1.807, 2.05) is 35.2 Å². The van der Waals surface area contributed by atoms with Crippen LogP contribution < -0.4 is 30.9 Å². The number of piperidine rings is 1. The Labute approximate surface area is 268 Å². The third-order valence-corrected chi connectivity index (χ3v) is 11.9. The van der Waals surface area contributed by atoms with Crippen molar-refractivity contribution in [2.45, 2.75) is 55.3 Å². The van der Waals surface area contributed by atoms with Crippen LogP contribution in [0.4, 0.5) is 22.7 Å². The molecule has 11 heteroatoms. The number of anilines is 4. The largest absolute Gasteiger partial charge is 0.494 e. The fraction of sp³-hybridized carbons (Fsp3) is 0.471. The number of hydrogen-bond donors (Lipinski definition) is 2. The predicted molar refractivity (Wildman–Crippen MR) is 182 cm³/mol. The van der Waals surface area contributed by atoms with E-state index >= 15 is 0 Å². The average molecular weight is 634 g/mol. The Bertz CT molecular complexity index is 1600. The van der Waals surface area contributed by atoms with Gasteiger partial charge in [0.1, 0.15) is 11.9 Å². The number of fused-ring (bicyclic) bond motifs is 1. The molecule has 4 N–H and O–H groups in total. The Balaban J connectivity index is 1.32. The van der Waals surface area contributed by atoms with E-state index in [1.54, 1.807) is 44.1 Å². The number of piperazine rings is 1. The number of rotatable bonds is 7. The number of para-hydroxylation sites is 2. The minimum Gasteiger partial charge on any atom is -0.494 e. The quantitative estimate of drug-likeness (QED) is 0.397. The van der Waals surface area contributed by atoms with Crippen molar-refractivity contribution in [1.29, 1.82) is 0 Å². The van der Waals surface area contributed by atoms with Gasteiger partial charge in [0.2, 0.25) is 0 Å². The summed E-state index contributed by atoms with van der Waals surface area (Å²) in [6, 6.07) is 21.8. The van der Waals surface area contributed by atoms with Crippen molar-refractivity contribution in [2.75, 3.05) is 68.1 Å². The summed E-state index contributed by atoms with van der Waals surface area (Å²) < 4.78 is 32.9. The number of sulfone groups is 1. The highest BCUT2D eigenvalue weighted by Crippen LogP contribution is 2.46. The van der Waals surface area contributed by atoms with Crippen LogP contribution in [0.5, 0.6) is 5.75 Å². The summed E-state index contributed by atoms with van der Waals surface area (Å²) in [5.74, 6) is 0.689. The van der Waals surface area contributed by atoms with Gasteiger partial charge in [0.25, 0.3) is 0 Å². The number of hydrogen-bond acceptors (Lipinski definition) is 10. The van der Waals surface area contributed by atoms with Crippen molar-refractivity contribution >= 4 is 32.6 Å². The Kier molecular flexibility index (Phi) is 9.00. The Morgan fingerprint density at radius 1 is 0.822 bits per heavy atom. The first-order chi connectivity index (χ1) is 21.6. The zero-order chi connectivity index (χ0) is 31.9. The molecule has 2 unspecified atom stereocenters. The molecule has 3 aliphatic rings. The van der Waals surface area contributed by atoms with Crippen LogP contribution in [-0.2, 0) is 9.84 Å². The number of methoxy groups -OCH3 is 1. The van der Waals surface area contributed by atoms with Crippen LogP contribution in [-0.4, -0.2) is 89.2 Å². The zero-order valence-electron chi connectivity index (χ0n) is 26.8. The van der Waals surface area contributed by atoms with E-state index < -0.39 is 27.5 Å². The van der Waals surface area contributed by atoms with Gasteiger partial charge in [-0.3, -0.25) is 10.6 Å². The fourth-order valence-electron chi connectivity index (χ4n) is 7.04. The summed E-state index contributed by atoms with van der Waals surface area (Å²) >= 11 is 0. The molecule has 2 atom stereocenters. The van der Waals surface area contributed by atoms with Gasteiger partial charge in [-0.2, -0.15) is 0 Å². The molecule has 3 aliphatic heterocycles. The van der Waals surface area contributed by atoms with Crippen LogP contribution in [0.1, 0.15) is 38.4 Å². The Morgan fingerprint density at radius 2 is 1.47 bits per heavy atom. The number of likely N-dealkylation sites (tertiary alicyclic amines) is 1. The first-order valence-corrected chi connectivity index (χ1v) is 17.5. The SMILES string of the molecule is COc1cc(N2CCN(C3CCN(C)CC3)CC2)ccc1N1c2ccccc2C(N)N(c2ccccc2S(=O)(=O)C(C)C)C1N. The predicted octanol–water partition coefficient (Wildman–Crippen LogP) is 3.95. The average Bonchev–Trinajstić information content (AvgIpc) is 3.05. The van der Waals surface area contributed by atoms with Crippen molar-refractivity contribution in [2.24, 2.45) is 11.5 Å². The molecule has 0 aromatic heterocycles. The van der Waals surface area contributed by atoms with E-state index in [2.05, 4.69) is 39.9 Å². The maximum absolute atomic E-state index is 13.5. The van der Waals surface area contributed by atoms with Crippen LogP contribution >= 0.6 is 0 Å². The molecule has 0 amide bonds. The molecule has 0 bridgehead atoms. The molecule has 2 saturated heterocycles.